The molecule has 0 fully saturated rings. The number of Topliss-reactive ketones (excluding diaryl/α,β-unsaturated/α-hetero) is 1. The van der Waals surface area contributed by atoms with Crippen LogP contribution in [0.5, 0.6) is 0 Å². The zero-order valence-electron chi connectivity index (χ0n) is 7.47. The molecule has 0 saturated carbocycles. The van der Waals surface area contributed by atoms with Crippen molar-refractivity contribution < 1.29 is 4.79 Å². The van der Waals surface area contributed by atoms with Gasteiger partial charge in [0.25, 0.3) is 0 Å². The van der Waals surface area contributed by atoms with Gasteiger partial charge in [-0.25, -0.2) is 0 Å². The molecule has 13 heavy (non-hydrogen) atoms. The molecule has 0 radical (unpaired) electrons. The predicted octanol–water partition coefficient (Wildman–Crippen LogP) is 3.67. The van der Waals surface area contributed by atoms with Crippen molar-refractivity contribution in [3.05, 3.63) is 34.3 Å². The van der Waals surface area contributed by atoms with Crippen molar-refractivity contribution in [1.29, 1.82) is 0 Å². The van der Waals surface area contributed by atoms with Crippen LogP contribution in [0.4, 0.5) is 0 Å². The monoisotopic (exact) mass is 260 g/mol. The van der Waals surface area contributed by atoms with Crippen LogP contribution < -0.4 is 0 Å². The molecule has 0 saturated heterocycles. The minimum atomic E-state index is -0.244. The number of halogens is 2. The fourth-order valence-electron chi connectivity index (χ4n) is 1.10. The molecule has 1 aromatic carbocycles. The Morgan fingerprint density at radius 2 is 2.15 bits per heavy atom. The van der Waals surface area contributed by atoms with Crippen LogP contribution in [0.2, 0.25) is 5.02 Å². The van der Waals surface area contributed by atoms with E-state index in [0.717, 1.165) is 11.1 Å². The summed E-state index contributed by atoms with van der Waals surface area (Å²) in [5.74, 6) is 0.0883. The molecule has 0 aliphatic heterocycles. The van der Waals surface area contributed by atoms with E-state index in [-0.39, 0.29) is 10.6 Å². The lowest BCUT2D eigenvalue weighted by molar-refractivity contribution is -0.116. The van der Waals surface area contributed by atoms with E-state index < -0.39 is 0 Å². The van der Waals surface area contributed by atoms with Crippen LogP contribution in [0.1, 0.15) is 22.9 Å². The lowest BCUT2D eigenvalue weighted by Gasteiger charge is -2.09. The van der Waals surface area contributed by atoms with Crippen molar-refractivity contribution in [1.82, 2.24) is 0 Å². The molecule has 1 nitrogen and oxygen atoms in total. The highest BCUT2D eigenvalue weighted by Gasteiger charge is 2.14. The average Bonchev–Trinajstić information content (AvgIpc) is 2.08. The standard InChI is InChI=1S/C10H10BrClO/c1-6-3-4-8(12)5-9(6)10(11)7(2)13/h3-5,10H,1-2H3. The quantitative estimate of drug-likeness (QED) is 0.742. The van der Waals surface area contributed by atoms with E-state index in [1.807, 2.05) is 25.1 Å². The van der Waals surface area contributed by atoms with Crippen molar-refractivity contribution >= 4 is 33.3 Å². The first-order valence-electron chi connectivity index (χ1n) is 3.93. The molecular weight excluding hydrogens is 251 g/mol. The first kappa shape index (κ1) is 10.7. The molecular formula is C10H10BrClO. The second-order valence-corrected chi connectivity index (χ2v) is 4.33. The Balaban J connectivity index is 3.12. The number of hydrogen-bond donors (Lipinski definition) is 0. The average molecular weight is 262 g/mol. The normalized spacial score (nSPS) is 12.6. The Morgan fingerprint density at radius 3 is 2.69 bits per heavy atom. The van der Waals surface area contributed by atoms with Crippen LogP contribution in [-0.4, -0.2) is 5.78 Å². The van der Waals surface area contributed by atoms with Crippen LogP contribution in [0.15, 0.2) is 18.2 Å². The van der Waals surface area contributed by atoms with Gasteiger partial charge >= 0.3 is 0 Å². The van der Waals surface area contributed by atoms with Crippen molar-refractivity contribution in [2.24, 2.45) is 0 Å². The van der Waals surface area contributed by atoms with Crippen LogP contribution >= 0.6 is 27.5 Å². The third kappa shape index (κ3) is 2.55. The number of aryl methyl sites for hydroxylation is 1. The molecule has 70 valence electrons. The number of hydrogen-bond acceptors (Lipinski definition) is 1. The van der Waals surface area contributed by atoms with Crippen molar-refractivity contribution in [2.75, 3.05) is 0 Å². The Bertz CT molecular complexity index is 336. The van der Waals surface area contributed by atoms with E-state index >= 15 is 0 Å². The van der Waals surface area contributed by atoms with Gasteiger partial charge in [0.2, 0.25) is 0 Å². The molecule has 0 aromatic heterocycles. The number of benzene rings is 1. The minimum Gasteiger partial charge on any atom is -0.298 e. The van der Waals surface area contributed by atoms with Gasteiger partial charge in [-0.05, 0) is 37.1 Å². The van der Waals surface area contributed by atoms with Gasteiger partial charge in [-0.3, -0.25) is 4.79 Å². The van der Waals surface area contributed by atoms with E-state index in [9.17, 15) is 4.79 Å². The highest BCUT2D eigenvalue weighted by molar-refractivity contribution is 9.09. The van der Waals surface area contributed by atoms with Gasteiger partial charge in [-0.1, -0.05) is 33.6 Å². The molecule has 0 amide bonds. The van der Waals surface area contributed by atoms with E-state index in [0.29, 0.717) is 5.02 Å². The number of rotatable bonds is 2. The third-order valence-corrected chi connectivity index (χ3v) is 3.24. The van der Waals surface area contributed by atoms with E-state index in [1.54, 1.807) is 6.92 Å². The van der Waals surface area contributed by atoms with Crippen molar-refractivity contribution in [2.45, 2.75) is 18.7 Å². The fraction of sp³-hybridized carbons (Fsp3) is 0.300. The van der Waals surface area contributed by atoms with Gasteiger partial charge in [0.05, 0.1) is 4.83 Å². The van der Waals surface area contributed by atoms with Gasteiger partial charge in [-0.15, -0.1) is 0 Å². The fourth-order valence-corrected chi connectivity index (χ4v) is 1.78. The summed E-state index contributed by atoms with van der Waals surface area (Å²) in [7, 11) is 0. The molecule has 1 atom stereocenters. The summed E-state index contributed by atoms with van der Waals surface area (Å²) in [5.41, 5.74) is 2.02. The molecule has 3 heteroatoms. The largest absolute Gasteiger partial charge is 0.298 e. The second-order valence-electron chi connectivity index (χ2n) is 2.97. The maximum Gasteiger partial charge on any atom is 0.147 e. The maximum absolute atomic E-state index is 11.1. The topological polar surface area (TPSA) is 17.1 Å². The van der Waals surface area contributed by atoms with Gasteiger partial charge < -0.3 is 0 Å². The molecule has 0 N–H and O–H groups in total. The third-order valence-electron chi connectivity index (χ3n) is 1.87. The predicted molar refractivity (Wildman–Crippen MR) is 58.5 cm³/mol. The number of alkyl halides is 1. The van der Waals surface area contributed by atoms with Crippen LogP contribution in [-0.2, 0) is 4.79 Å². The summed E-state index contributed by atoms with van der Waals surface area (Å²) in [6.45, 7) is 3.52. The highest BCUT2D eigenvalue weighted by atomic mass is 79.9. The molecule has 0 aliphatic rings. The van der Waals surface area contributed by atoms with E-state index in [1.165, 1.54) is 0 Å². The van der Waals surface area contributed by atoms with E-state index in [2.05, 4.69) is 15.9 Å². The van der Waals surface area contributed by atoms with Crippen LogP contribution in [0, 0.1) is 6.92 Å². The van der Waals surface area contributed by atoms with Gasteiger partial charge in [0.1, 0.15) is 5.78 Å². The van der Waals surface area contributed by atoms with Crippen LogP contribution in [0.25, 0.3) is 0 Å². The summed E-state index contributed by atoms with van der Waals surface area (Å²) >= 11 is 9.16. The Kier molecular flexibility index (Phi) is 3.51. The maximum atomic E-state index is 11.1. The van der Waals surface area contributed by atoms with Gasteiger partial charge in [-0.2, -0.15) is 0 Å². The summed E-state index contributed by atoms with van der Waals surface area (Å²) in [6, 6.07) is 5.55. The Morgan fingerprint density at radius 1 is 1.54 bits per heavy atom. The molecule has 1 unspecified atom stereocenters. The molecule has 0 heterocycles. The molecule has 0 bridgehead atoms. The SMILES string of the molecule is CC(=O)C(Br)c1cc(Cl)ccc1C. The first-order valence-corrected chi connectivity index (χ1v) is 5.22. The van der Waals surface area contributed by atoms with E-state index in [4.69, 9.17) is 11.6 Å². The zero-order chi connectivity index (χ0) is 10.0. The summed E-state index contributed by atoms with van der Waals surface area (Å²) < 4.78 is 0. The summed E-state index contributed by atoms with van der Waals surface area (Å²) in [4.78, 5) is 10.9. The number of carbonyl (C=O) groups excluding carboxylic acids is 1. The van der Waals surface area contributed by atoms with Gasteiger partial charge in [0.15, 0.2) is 0 Å². The molecule has 1 aromatic rings. The van der Waals surface area contributed by atoms with Crippen molar-refractivity contribution in [3.8, 4) is 0 Å². The number of carbonyl (C=O) groups is 1. The second kappa shape index (κ2) is 4.25. The van der Waals surface area contributed by atoms with Crippen molar-refractivity contribution in [3.63, 3.8) is 0 Å². The van der Waals surface area contributed by atoms with Gasteiger partial charge in [0, 0.05) is 5.02 Å². The molecule has 0 spiro atoms. The lowest BCUT2D eigenvalue weighted by atomic mass is 10.0. The summed E-state index contributed by atoms with van der Waals surface area (Å²) in [6.07, 6.45) is 0. The molecule has 1 rings (SSSR count). The highest BCUT2D eigenvalue weighted by Crippen LogP contribution is 2.28. The minimum absolute atomic E-state index is 0.0883. The Hall–Kier alpha value is -0.340. The smallest absolute Gasteiger partial charge is 0.147 e. The first-order chi connectivity index (χ1) is 6.02. The molecule has 0 aliphatic carbocycles. The summed E-state index contributed by atoms with van der Waals surface area (Å²) in [5, 5.41) is 0.659. The van der Waals surface area contributed by atoms with Crippen LogP contribution in [0.3, 0.4) is 0 Å². The lowest BCUT2D eigenvalue weighted by Crippen LogP contribution is -2.02. The zero-order valence-corrected chi connectivity index (χ0v) is 9.82. The Labute approximate surface area is 91.2 Å². The number of ketones is 1.